The van der Waals surface area contributed by atoms with Gasteiger partial charge in [-0.15, -0.1) is 0 Å². The Morgan fingerprint density at radius 2 is 1.64 bits per heavy atom. The van der Waals surface area contributed by atoms with Crippen LogP contribution in [0.5, 0.6) is 0 Å². The zero-order chi connectivity index (χ0) is 34.7. The summed E-state index contributed by atoms with van der Waals surface area (Å²) in [4.78, 5) is 41.2. The van der Waals surface area contributed by atoms with Gasteiger partial charge in [0.25, 0.3) is 5.56 Å². The molecule has 0 saturated carbocycles. The van der Waals surface area contributed by atoms with Gasteiger partial charge in [-0.05, 0) is 60.5 Å². The molecule has 0 fully saturated rings. The van der Waals surface area contributed by atoms with Crippen molar-refractivity contribution >= 4 is 33.0 Å². The number of pyridine rings is 1. The number of amides is 1. The summed E-state index contributed by atoms with van der Waals surface area (Å²) in [5.74, 6) is -1.92. The Labute approximate surface area is 265 Å². The van der Waals surface area contributed by atoms with Crippen LogP contribution < -0.4 is 5.56 Å². The van der Waals surface area contributed by atoms with E-state index in [4.69, 9.17) is 0 Å². The molecule has 1 atom stereocenters. The minimum absolute atomic E-state index is 0.00612. The number of rotatable bonds is 10. The molecule has 0 bridgehead atoms. The highest BCUT2D eigenvalue weighted by Crippen LogP contribution is 2.36. The molecular formula is C31H29F6N5O4S. The summed E-state index contributed by atoms with van der Waals surface area (Å²) in [5, 5.41) is 0.123. The molecule has 0 N–H and O–H groups in total. The van der Waals surface area contributed by atoms with Crippen LogP contribution in [0.15, 0.2) is 70.6 Å². The Balaban J connectivity index is 1.87. The number of nitrogens with zero attached hydrogens (tertiary/aromatic N) is 5. The molecule has 4 aromatic rings. The van der Waals surface area contributed by atoms with Gasteiger partial charge in [0.05, 0.1) is 40.4 Å². The van der Waals surface area contributed by atoms with Crippen LogP contribution in [0.2, 0.25) is 0 Å². The monoisotopic (exact) mass is 681 g/mol. The molecule has 4 rings (SSSR count). The van der Waals surface area contributed by atoms with Gasteiger partial charge < -0.3 is 4.90 Å². The molecule has 1 amide bonds. The first-order valence-electron chi connectivity index (χ1n) is 14.1. The number of fused-ring (bicyclic) bond motifs is 1. The number of halogens is 6. The van der Waals surface area contributed by atoms with E-state index in [-0.39, 0.29) is 28.7 Å². The number of hydrogen-bond donors (Lipinski definition) is 0. The van der Waals surface area contributed by atoms with Crippen molar-refractivity contribution < 1.29 is 39.6 Å². The Morgan fingerprint density at radius 3 is 2.19 bits per heavy atom. The number of hydrogen-bond acceptors (Lipinski definition) is 7. The predicted molar refractivity (Wildman–Crippen MR) is 163 cm³/mol. The van der Waals surface area contributed by atoms with Gasteiger partial charge in [-0.25, -0.2) is 18.4 Å². The summed E-state index contributed by atoms with van der Waals surface area (Å²) in [5.41, 5.74) is -3.35. The van der Waals surface area contributed by atoms with Gasteiger partial charge in [0.1, 0.15) is 5.82 Å². The number of carbonyl (C=O) groups excluding carboxylic acids is 1. The van der Waals surface area contributed by atoms with E-state index in [0.717, 1.165) is 4.90 Å². The second-order valence-electron chi connectivity index (χ2n) is 10.6. The molecule has 0 aliphatic carbocycles. The number of alkyl halides is 6. The van der Waals surface area contributed by atoms with E-state index >= 15 is 0 Å². The summed E-state index contributed by atoms with van der Waals surface area (Å²) in [6, 6.07) is 9.14. The Hall–Kier alpha value is -4.60. The van der Waals surface area contributed by atoms with Crippen LogP contribution in [0.25, 0.3) is 16.7 Å². The normalized spacial score (nSPS) is 13.3. The van der Waals surface area contributed by atoms with E-state index in [1.165, 1.54) is 36.7 Å². The van der Waals surface area contributed by atoms with E-state index in [0.29, 0.717) is 23.4 Å². The number of benzene rings is 2. The van der Waals surface area contributed by atoms with E-state index in [1.54, 1.807) is 37.5 Å². The van der Waals surface area contributed by atoms with Crippen molar-refractivity contribution in [3.8, 4) is 5.69 Å². The third-order valence-corrected chi connectivity index (χ3v) is 9.03. The van der Waals surface area contributed by atoms with Crippen LogP contribution in [0.3, 0.4) is 0 Å². The molecule has 0 aliphatic rings. The number of carbonyl (C=O) groups is 1. The van der Waals surface area contributed by atoms with Crippen molar-refractivity contribution in [2.45, 2.75) is 38.7 Å². The Kier molecular flexibility index (Phi) is 10.2. The first kappa shape index (κ1) is 35.3. The van der Waals surface area contributed by atoms with Gasteiger partial charge in [0.15, 0.2) is 15.5 Å². The van der Waals surface area contributed by atoms with Gasteiger partial charge >= 0.3 is 12.4 Å². The van der Waals surface area contributed by atoms with Crippen LogP contribution in [0, 0.1) is 0 Å². The molecule has 0 unspecified atom stereocenters. The summed E-state index contributed by atoms with van der Waals surface area (Å²) >= 11 is 0. The fraction of sp³-hybridized carbons (Fsp3) is 0.323. The molecule has 0 spiro atoms. The topological polar surface area (TPSA) is 115 Å². The lowest BCUT2D eigenvalue weighted by molar-refractivity contribution is -0.143. The van der Waals surface area contributed by atoms with Crippen LogP contribution in [-0.2, 0) is 33.4 Å². The van der Waals surface area contributed by atoms with Gasteiger partial charge in [0, 0.05) is 31.8 Å². The maximum Gasteiger partial charge on any atom is 0.416 e. The first-order valence-corrected chi connectivity index (χ1v) is 16.0. The van der Waals surface area contributed by atoms with E-state index in [1.807, 2.05) is 0 Å². The molecule has 0 saturated heterocycles. The average Bonchev–Trinajstić information content (AvgIpc) is 3.00. The molecule has 250 valence electrons. The van der Waals surface area contributed by atoms with Crippen LogP contribution in [0.4, 0.5) is 26.3 Å². The summed E-state index contributed by atoms with van der Waals surface area (Å²) < 4.78 is 107. The third-order valence-electron chi connectivity index (χ3n) is 7.35. The minimum Gasteiger partial charge on any atom is -0.331 e. The van der Waals surface area contributed by atoms with Gasteiger partial charge in [0.2, 0.25) is 5.91 Å². The molecule has 2 aromatic carbocycles. The van der Waals surface area contributed by atoms with Gasteiger partial charge in [-0.1, -0.05) is 19.1 Å². The smallest absolute Gasteiger partial charge is 0.331 e. The van der Waals surface area contributed by atoms with Crippen LogP contribution in [0.1, 0.15) is 48.0 Å². The highest BCUT2D eigenvalue weighted by Gasteiger charge is 2.37. The Bertz CT molecular complexity index is 1940. The van der Waals surface area contributed by atoms with E-state index < -0.39 is 75.1 Å². The Morgan fingerprint density at radius 1 is 1.02 bits per heavy atom. The maximum absolute atomic E-state index is 13.8. The van der Waals surface area contributed by atoms with E-state index in [9.17, 15) is 44.3 Å². The maximum atomic E-state index is 13.8. The van der Waals surface area contributed by atoms with Gasteiger partial charge in [-0.3, -0.25) is 19.1 Å². The van der Waals surface area contributed by atoms with Crippen molar-refractivity contribution in [1.82, 2.24) is 19.4 Å². The zero-order valence-electron chi connectivity index (χ0n) is 25.3. The number of aromatic nitrogens is 3. The number of aliphatic imine (C=N–C) groups is 1. The average molecular weight is 682 g/mol. The van der Waals surface area contributed by atoms with Crippen molar-refractivity contribution in [2.24, 2.45) is 4.99 Å². The minimum atomic E-state index is -5.14. The van der Waals surface area contributed by atoms with Gasteiger partial charge in [-0.2, -0.15) is 26.3 Å². The first-order chi connectivity index (χ1) is 21.9. The second kappa shape index (κ2) is 13.6. The molecular weight excluding hydrogens is 652 g/mol. The molecule has 16 heteroatoms. The standard InChI is InChI=1S/C31H29F6N5O4S/c1-4-47(45,46)13-12-41(26(43)16-21-14-22(30(32,33)34)17-23(15-21)31(35,36)37)19(2)28-40-27-25(6-5-11-39-27)29(44)42(28)24-9-7-20(8-10-24)18-38-3/h5-11,14-15,17-19H,4,12-13,16H2,1-3H3/t19-/m1/s1. The third kappa shape index (κ3) is 8.22. The lowest BCUT2D eigenvalue weighted by Gasteiger charge is -2.31. The van der Waals surface area contributed by atoms with Crippen molar-refractivity contribution in [3.63, 3.8) is 0 Å². The summed E-state index contributed by atoms with van der Waals surface area (Å²) in [6.45, 7) is 2.31. The SMILES string of the molecule is CCS(=O)(=O)CCN(C(=O)Cc1cc(C(F)(F)F)cc(C(F)(F)F)c1)[C@H](C)c1nc2ncccc2c(=O)n1-c1ccc(C=NC)cc1. The fourth-order valence-corrected chi connectivity index (χ4v) is 5.64. The molecule has 2 heterocycles. The van der Waals surface area contributed by atoms with Crippen LogP contribution in [-0.4, -0.2) is 65.1 Å². The lowest BCUT2D eigenvalue weighted by atomic mass is 10.0. The second-order valence-corrected chi connectivity index (χ2v) is 13.0. The quantitative estimate of drug-likeness (QED) is 0.163. The van der Waals surface area contributed by atoms with Crippen LogP contribution >= 0.6 is 0 Å². The summed E-state index contributed by atoms with van der Waals surface area (Å²) in [6.07, 6.45) is -8.26. The fourth-order valence-electron chi connectivity index (χ4n) is 4.88. The van der Waals surface area contributed by atoms with Crippen molar-refractivity contribution in [1.29, 1.82) is 0 Å². The van der Waals surface area contributed by atoms with Crippen molar-refractivity contribution in [2.75, 3.05) is 25.1 Å². The molecule has 0 radical (unpaired) electrons. The van der Waals surface area contributed by atoms with Crippen molar-refractivity contribution in [3.05, 3.63) is 99.2 Å². The largest absolute Gasteiger partial charge is 0.416 e. The summed E-state index contributed by atoms with van der Waals surface area (Å²) in [7, 11) is -2.13. The van der Waals surface area contributed by atoms with E-state index in [2.05, 4.69) is 15.0 Å². The predicted octanol–water partition coefficient (Wildman–Crippen LogP) is 5.43. The zero-order valence-corrected chi connectivity index (χ0v) is 26.1. The highest BCUT2D eigenvalue weighted by atomic mass is 32.2. The lowest BCUT2D eigenvalue weighted by Crippen LogP contribution is -2.41. The molecule has 2 aromatic heterocycles. The molecule has 0 aliphatic heterocycles. The highest BCUT2D eigenvalue weighted by molar-refractivity contribution is 7.91. The molecule has 47 heavy (non-hydrogen) atoms. The number of sulfone groups is 1. The molecule has 9 nitrogen and oxygen atoms in total.